The van der Waals surface area contributed by atoms with Crippen LogP contribution in [0.1, 0.15) is 46.2 Å². The molecule has 0 aromatic carbocycles. The van der Waals surface area contributed by atoms with Crippen LogP contribution in [-0.4, -0.2) is 34.7 Å². The van der Waals surface area contributed by atoms with Gasteiger partial charge in [0.1, 0.15) is 4.88 Å². The Bertz CT molecular complexity index is 560. The molecule has 0 saturated carbocycles. The quantitative estimate of drug-likeness (QED) is 0.776. The fraction of sp³-hybridized carbons (Fsp3) is 0.538. The first-order chi connectivity index (χ1) is 8.95. The number of nitriles is 1. The van der Waals surface area contributed by atoms with E-state index in [1.54, 1.807) is 4.90 Å². The maximum absolute atomic E-state index is 12.3. The maximum Gasteiger partial charge on any atom is 0.265 e. The van der Waals surface area contributed by atoms with E-state index in [0.29, 0.717) is 23.0 Å². The number of nitrogens with zero attached hydrogens (tertiary/aromatic N) is 3. The molecule has 0 unspecified atom stereocenters. The zero-order valence-electron chi connectivity index (χ0n) is 11.0. The molecule has 100 valence electrons. The predicted octanol–water partition coefficient (Wildman–Crippen LogP) is 2.11. The lowest BCUT2D eigenvalue weighted by Crippen LogP contribution is -2.44. The largest absolute Gasteiger partial charge is 0.336 e. The number of rotatable bonds is 2. The highest BCUT2D eigenvalue weighted by Gasteiger charge is 2.34. The minimum atomic E-state index is -0.470. The fourth-order valence-corrected chi connectivity index (χ4v) is 2.97. The standard InChI is InChI=1S/C13H15N3O2S/c1-9(17)11-15-6-10(19-11)12(18)16-5-3-4-13(2,7-14)8-16/h6H,3-5,8H2,1-2H3/t13-/m0/s1. The lowest BCUT2D eigenvalue weighted by atomic mass is 9.83. The second-order valence-electron chi connectivity index (χ2n) is 5.09. The van der Waals surface area contributed by atoms with Crippen molar-refractivity contribution < 1.29 is 9.59 Å². The van der Waals surface area contributed by atoms with E-state index in [1.165, 1.54) is 13.1 Å². The van der Waals surface area contributed by atoms with Crippen LogP contribution in [0.3, 0.4) is 0 Å². The highest BCUT2D eigenvalue weighted by molar-refractivity contribution is 7.15. The lowest BCUT2D eigenvalue weighted by Gasteiger charge is -2.35. The summed E-state index contributed by atoms with van der Waals surface area (Å²) in [6, 6.07) is 2.28. The number of Topliss-reactive ketones (excluding diaryl/α,β-unsaturated/α-hetero) is 1. The number of carbonyl (C=O) groups excluding carboxylic acids is 2. The molecule has 1 aliphatic heterocycles. The van der Waals surface area contributed by atoms with E-state index in [0.717, 1.165) is 24.2 Å². The minimum absolute atomic E-state index is 0.133. The van der Waals surface area contributed by atoms with Crippen molar-refractivity contribution in [2.45, 2.75) is 26.7 Å². The van der Waals surface area contributed by atoms with Gasteiger partial charge < -0.3 is 4.90 Å². The summed E-state index contributed by atoms with van der Waals surface area (Å²) >= 11 is 1.12. The number of piperidine rings is 1. The Morgan fingerprint density at radius 2 is 2.32 bits per heavy atom. The zero-order chi connectivity index (χ0) is 14.0. The van der Waals surface area contributed by atoms with Crippen LogP contribution in [-0.2, 0) is 0 Å². The first kappa shape index (κ1) is 13.7. The molecular weight excluding hydrogens is 262 g/mol. The van der Waals surface area contributed by atoms with Crippen LogP contribution in [0.2, 0.25) is 0 Å². The average Bonchev–Trinajstić information content (AvgIpc) is 2.87. The van der Waals surface area contributed by atoms with Crippen LogP contribution in [0.5, 0.6) is 0 Å². The SMILES string of the molecule is CC(=O)c1ncc(C(=O)N2CCC[C@@](C)(C#N)C2)s1. The van der Waals surface area contributed by atoms with Crippen LogP contribution < -0.4 is 0 Å². The first-order valence-corrected chi connectivity index (χ1v) is 6.94. The van der Waals surface area contributed by atoms with Crippen molar-refractivity contribution in [3.05, 3.63) is 16.1 Å². The van der Waals surface area contributed by atoms with Gasteiger partial charge in [-0.3, -0.25) is 9.59 Å². The molecule has 2 rings (SSSR count). The number of aromatic nitrogens is 1. The molecule has 1 fully saturated rings. The van der Waals surface area contributed by atoms with Crippen LogP contribution >= 0.6 is 11.3 Å². The molecule has 5 nitrogen and oxygen atoms in total. The number of likely N-dealkylation sites (tertiary alicyclic amines) is 1. The maximum atomic E-state index is 12.3. The summed E-state index contributed by atoms with van der Waals surface area (Å²) in [5, 5.41) is 9.51. The summed E-state index contributed by atoms with van der Waals surface area (Å²) in [5.41, 5.74) is -0.470. The Hall–Kier alpha value is -1.74. The Kier molecular flexibility index (Phi) is 3.67. The predicted molar refractivity (Wildman–Crippen MR) is 71.0 cm³/mol. The third kappa shape index (κ3) is 2.82. The van der Waals surface area contributed by atoms with Crippen LogP contribution in [0.4, 0.5) is 0 Å². The summed E-state index contributed by atoms with van der Waals surface area (Å²) in [6.07, 6.45) is 3.09. The third-order valence-corrected chi connectivity index (χ3v) is 4.36. The molecule has 1 aromatic heterocycles. The first-order valence-electron chi connectivity index (χ1n) is 6.12. The van der Waals surface area contributed by atoms with Gasteiger partial charge in [-0.2, -0.15) is 5.26 Å². The number of carbonyl (C=O) groups is 2. The Balaban J connectivity index is 2.15. The second kappa shape index (κ2) is 5.10. The molecule has 1 aromatic rings. The molecule has 1 atom stereocenters. The lowest BCUT2D eigenvalue weighted by molar-refractivity contribution is 0.0634. The van der Waals surface area contributed by atoms with Crippen molar-refractivity contribution in [2.75, 3.05) is 13.1 Å². The fourth-order valence-electron chi connectivity index (χ4n) is 2.20. The summed E-state index contributed by atoms with van der Waals surface area (Å²) in [4.78, 5) is 29.6. The second-order valence-corrected chi connectivity index (χ2v) is 6.12. The van der Waals surface area contributed by atoms with Crippen molar-refractivity contribution in [3.63, 3.8) is 0 Å². The Morgan fingerprint density at radius 1 is 1.58 bits per heavy atom. The summed E-state index contributed by atoms with van der Waals surface area (Å²) < 4.78 is 0. The smallest absolute Gasteiger partial charge is 0.265 e. The van der Waals surface area contributed by atoms with Gasteiger partial charge in [-0.05, 0) is 19.8 Å². The summed E-state index contributed by atoms with van der Waals surface area (Å²) in [5.74, 6) is -0.268. The van der Waals surface area contributed by atoms with E-state index in [9.17, 15) is 9.59 Å². The van der Waals surface area contributed by atoms with Gasteiger partial charge in [0.25, 0.3) is 5.91 Å². The molecule has 0 N–H and O–H groups in total. The summed E-state index contributed by atoms with van der Waals surface area (Å²) in [7, 11) is 0. The van der Waals surface area contributed by atoms with Crippen LogP contribution in [0, 0.1) is 16.7 Å². The molecule has 0 bridgehead atoms. The average molecular weight is 277 g/mol. The normalized spacial score (nSPS) is 22.9. The number of hydrogen-bond donors (Lipinski definition) is 0. The van der Waals surface area contributed by atoms with Gasteiger partial charge in [-0.1, -0.05) is 0 Å². The van der Waals surface area contributed by atoms with Gasteiger partial charge in [0, 0.05) is 20.0 Å². The van der Waals surface area contributed by atoms with E-state index in [-0.39, 0.29) is 11.7 Å². The van der Waals surface area contributed by atoms with E-state index < -0.39 is 5.41 Å². The molecular formula is C13H15N3O2S. The van der Waals surface area contributed by atoms with Crippen LogP contribution in [0.15, 0.2) is 6.20 Å². The Morgan fingerprint density at radius 3 is 2.89 bits per heavy atom. The Labute approximate surface area is 115 Å². The molecule has 0 radical (unpaired) electrons. The molecule has 0 aliphatic carbocycles. The van der Waals surface area contributed by atoms with Crippen molar-refractivity contribution >= 4 is 23.0 Å². The van der Waals surface area contributed by atoms with E-state index in [1.807, 2.05) is 6.92 Å². The van der Waals surface area contributed by atoms with Gasteiger partial charge >= 0.3 is 0 Å². The molecule has 6 heteroatoms. The molecule has 19 heavy (non-hydrogen) atoms. The topological polar surface area (TPSA) is 74.1 Å². The van der Waals surface area contributed by atoms with Crippen molar-refractivity contribution in [3.8, 4) is 6.07 Å². The van der Waals surface area contributed by atoms with E-state index in [4.69, 9.17) is 5.26 Å². The third-order valence-electron chi connectivity index (χ3n) is 3.27. The van der Waals surface area contributed by atoms with Crippen molar-refractivity contribution in [2.24, 2.45) is 5.41 Å². The number of thiazole rings is 1. The van der Waals surface area contributed by atoms with Crippen molar-refractivity contribution in [1.82, 2.24) is 9.88 Å². The van der Waals surface area contributed by atoms with Gasteiger partial charge in [0.05, 0.1) is 17.7 Å². The van der Waals surface area contributed by atoms with Crippen LogP contribution in [0.25, 0.3) is 0 Å². The summed E-state index contributed by atoms with van der Waals surface area (Å²) in [6.45, 7) is 4.40. The van der Waals surface area contributed by atoms with Gasteiger partial charge in [0.2, 0.25) is 0 Å². The van der Waals surface area contributed by atoms with E-state index >= 15 is 0 Å². The van der Waals surface area contributed by atoms with Gasteiger partial charge in [-0.15, -0.1) is 11.3 Å². The number of ketones is 1. The molecule has 1 amide bonds. The molecule has 1 saturated heterocycles. The van der Waals surface area contributed by atoms with Crippen molar-refractivity contribution in [1.29, 1.82) is 5.26 Å². The highest BCUT2D eigenvalue weighted by Crippen LogP contribution is 2.29. The molecule has 0 spiro atoms. The highest BCUT2D eigenvalue weighted by atomic mass is 32.1. The van der Waals surface area contributed by atoms with Gasteiger partial charge in [0.15, 0.2) is 10.8 Å². The zero-order valence-corrected chi connectivity index (χ0v) is 11.8. The molecule has 2 heterocycles. The van der Waals surface area contributed by atoms with E-state index in [2.05, 4.69) is 11.1 Å². The molecule has 1 aliphatic rings. The number of hydrogen-bond acceptors (Lipinski definition) is 5. The number of amides is 1. The van der Waals surface area contributed by atoms with Gasteiger partial charge in [-0.25, -0.2) is 4.98 Å². The minimum Gasteiger partial charge on any atom is -0.336 e. The monoisotopic (exact) mass is 277 g/mol.